The Balaban J connectivity index is 1.96. The SMILES string of the molecule is CN(C)C[C@@H]1C[C@@H](CO)CN(C(=O)Cn2ccnc2)C1. The minimum Gasteiger partial charge on any atom is -0.396 e. The fraction of sp³-hybridized carbons (Fsp3) is 0.714. The smallest absolute Gasteiger partial charge is 0.242 e. The van der Waals surface area contributed by atoms with Gasteiger partial charge < -0.3 is 19.5 Å². The van der Waals surface area contributed by atoms with Crippen LogP contribution in [0.1, 0.15) is 6.42 Å². The third-order valence-corrected chi connectivity index (χ3v) is 3.74. The molecule has 2 rings (SSSR count). The summed E-state index contributed by atoms with van der Waals surface area (Å²) < 4.78 is 1.78. The van der Waals surface area contributed by atoms with E-state index in [0.29, 0.717) is 19.0 Å². The molecule has 1 aromatic heterocycles. The van der Waals surface area contributed by atoms with Crippen LogP contribution in [0.25, 0.3) is 0 Å². The maximum absolute atomic E-state index is 12.3. The topological polar surface area (TPSA) is 61.6 Å². The number of aliphatic hydroxyl groups is 1. The first-order valence-electron chi connectivity index (χ1n) is 7.07. The standard InChI is InChI=1S/C14H24N4O2/c1-16(2)6-12-5-13(10-19)8-18(7-12)14(20)9-17-4-3-15-11-17/h3-4,11-13,19H,5-10H2,1-2H3/t12-,13+/m0/s1. The predicted octanol–water partition coefficient (Wildman–Crippen LogP) is -0.0983. The largest absolute Gasteiger partial charge is 0.396 e. The molecular formula is C14H24N4O2. The molecule has 0 bridgehead atoms. The first-order chi connectivity index (χ1) is 9.58. The van der Waals surface area contributed by atoms with E-state index >= 15 is 0 Å². The second kappa shape index (κ2) is 6.85. The van der Waals surface area contributed by atoms with Gasteiger partial charge in [0.05, 0.1) is 6.33 Å². The second-order valence-corrected chi connectivity index (χ2v) is 5.95. The van der Waals surface area contributed by atoms with Gasteiger partial charge in [0.25, 0.3) is 0 Å². The van der Waals surface area contributed by atoms with Crippen LogP contribution >= 0.6 is 0 Å². The van der Waals surface area contributed by atoms with Crippen molar-refractivity contribution in [3.63, 3.8) is 0 Å². The van der Waals surface area contributed by atoms with Crippen LogP contribution < -0.4 is 0 Å². The average molecular weight is 280 g/mol. The number of hydrogen-bond donors (Lipinski definition) is 1. The van der Waals surface area contributed by atoms with Crippen molar-refractivity contribution in [3.05, 3.63) is 18.7 Å². The van der Waals surface area contributed by atoms with Crippen molar-refractivity contribution < 1.29 is 9.90 Å². The van der Waals surface area contributed by atoms with Gasteiger partial charge in [-0.25, -0.2) is 4.98 Å². The number of likely N-dealkylation sites (tertiary alicyclic amines) is 1. The van der Waals surface area contributed by atoms with Gasteiger partial charge in [-0.15, -0.1) is 0 Å². The van der Waals surface area contributed by atoms with E-state index in [-0.39, 0.29) is 18.4 Å². The Morgan fingerprint density at radius 3 is 2.75 bits per heavy atom. The molecule has 0 spiro atoms. The number of imidazole rings is 1. The molecule has 0 aromatic carbocycles. The van der Waals surface area contributed by atoms with Crippen molar-refractivity contribution in [1.29, 1.82) is 0 Å². The van der Waals surface area contributed by atoms with Gasteiger partial charge in [-0.05, 0) is 32.4 Å². The summed E-state index contributed by atoms with van der Waals surface area (Å²) in [7, 11) is 4.08. The molecule has 1 saturated heterocycles. The fourth-order valence-corrected chi connectivity index (χ4v) is 2.94. The summed E-state index contributed by atoms with van der Waals surface area (Å²) in [6.07, 6.45) is 6.11. The molecule has 2 heterocycles. The number of carbonyl (C=O) groups is 1. The van der Waals surface area contributed by atoms with E-state index in [1.807, 2.05) is 19.0 Å². The second-order valence-electron chi connectivity index (χ2n) is 5.95. The molecule has 0 aliphatic carbocycles. The lowest BCUT2D eigenvalue weighted by Crippen LogP contribution is -2.48. The molecule has 0 saturated carbocycles. The van der Waals surface area contributed by atoms with Crippen LogP contribution in [-0.4, -0.2) is 70.7 Å². The summed E-state index contributed by atoms with van der Waals surface area (Å²) in [4.78, 5) is 20.3. The first-order valence-corrected chi connectivity index (χ1v) is 7.07. The maximum Gasteiger partial charge on any atom is 0.242 e. The number of aromatic nitrogens is 2. The van der Waals surface area contributed by atoms with Gasteiger partial charge in [-0.2, -0.15) is 0 Å². The Labute approximate surface area is 120 Å². The minimum atomic E-state index is 0.102. The van der Waals surface area contributed by atoms with Crippen LogP contribution in [0, 0.1) is 11.8 Å². The van der Waals surface area contributed by atoms with Gasteiger partial charge in [0.2, 0.25) is 5.91 Å². The van der Waals surface area contributed by atoms with Crippen molar-refractivity contribution in [2.75, 3.05) is 40.3 Å². The van der Waals surface area contributed by atoms with Crippen molar-refractivity contribution in [1.82, 2.24) is 19.4 Å². The molecule has 1 fully saturated rings. The zero-order valence-electron chi connectivity index (χ0n) is 12.3. The summed E-state index contributed by atoms with van der Waals surface area (Å²) >= 11 is 0. The third kappa shape index (κ3) is 4.05. The highest BCUT2D eigenvalue weighted by Gasteiger charge is 2.29. The van der Waals surface area contributed by atoms with Crippen LogP contribution in [0.4, 0.5) is 0 Å². The summed E-state index contributed by atoms with van der Waals surface area (Å²) in [6, 6.07) is 0. The van der Waals surface area contributed by atoms with E-state index in [1.54, 1.807) is 23.3 Å². The van der Waals surface area contributed by atoms with Crippen LogP contribution in [0.5, 0.6) is 0 Å². The molecule has 20 heavy (non-hydrogen) atoms. The molecule has 1 aliphatic rings. The third-order valence-electron chi connectivity index (χ3n) is 3.74. The minimum absolute atomic E-state index is 0.102. The molecule has 1 aliphatic heterocycles. The van der Waals surface area contributed by atoms with Gasteiger partial charge in [-0.1, -0.05) is 0 Å². The molecule has 2 atom stereocenters. The lowest BCUT2D eigenvalue weighted by Gasteiger charge is -2.38. The molecule has 6 nitrogen and oxygen atoms in total. The Morgan fingerprint density at radius 2 is 2.15 bits per heavy atom. The highest BCUT2D eigenvalue weighted by atomic mass is 16.3. The normalized spacial score (nSPS) is 23.3. The summed E-state index contributed by atoms with van der Waals surface area (Å²) in [5.41, 5.74) is 0. The van der Waals surface area contributed by atoms with Gasteiger partial charge in [-0.3, -0.25) is 4.79 Å². The molecule has 0 radical (unpaired) electrons. The van der Waals surface area contributed by atoms with Crippen molar-refractivity contribution >= 4 is 5.91 Å². The molecule has 112 valence electrons. The Hall–Kier alpha value is -1.40. The molecule has 0 unspecified atom stereocenters. The van der Waals surface area contributed by atoms with Gasteiger partial charge in [0.1, 0.15) is 6.54 Å². The monoisotopic (exact) mass is 280 g/mol. The van der Waals surface area contributed by atoms with Gasteiger partial charge in [0, 0.05) is 38.6 Å². The van der Waals surface area contributed by atoms with Gasteiger partial charge in [0.15, 0.2) is 0 Å². The highest BCUT2D eigenvalue weighted by molar-refractivity contribution is 5.76. The maximum atomic E-state index is 12.3. The number of carbonyl (C=O) groups excluding carboxylic acids is 1. The number of amides is 1. The zero-order chi connectivity index (χ0) is 14.5. The Bertz CT molecular complexity index is 419. The predicted molar refractivity (Wildman–Crippen MR) is 76.0 cm³/mol. The molecular weight excluding hydrogens is 256 g/mol. The number of nitrogens with zero attached hydrogens (tertiary/aromatic N) is 4. The molecule has 1 amide bonds. The average Bonchev–Trinajstić information content (AvgIpc) is 2.90. The first kappa shape index (κ1) is 15.0. The summed E-state index contributed by atoms with van der Waals surface area (Å²) in [5.74, 6) is 0.730. The lowest BCUT2D eigenvalue weighted by molar-refractivity contribution is -0.135. The zero-order valence-corrected chi connectivity index (χ0v) is 12.3. The van der Waals surface area contributed by atoms with Crippen molar-refractivity contribution in [3.8, 4) is 0 Å². The Kier molecular flexibility index (Phi) is 5.14. The van der Waals surface area contributed by atoms with Crippen molar-refractivity contribution in [2.45, 2.75) is 13.0 Å². The van der Waals surface area contributed by atoms with Crippen LogP contribution in [0.2, 0.25) is 0 Å². The quantitative estimate of drug-likeness (QED) is 0.818. The van der Waals surface area contributed by atoms with E-state index in [2.05, 4.69) is 9.88 Å². The molecule has 1 aromatic rings. The van der Waals surface area contributed by atoms with Crippen LogP contribution in [-0.2, 0) is 11.3 Å². The number of aliphatic hydroxyl groups excluding tert-OH is 1. The van der Waals surface area contributed by atoms with E-state index in [4.69, 9.17) is 0 Å². The van der Waals surface area contributed by atoms with Crippen LogP contribution in [0.15, 0.2) is 18.7 Å². The van der Waals surface area contributed by atoms with Crippen LogP contribution in [0.3, 0.4) is 0 Å². The molecule has 1 N–H and O–H groups in total. The van der Waals surface area contributed by atoms with Gasteiger partial charge >= 0.3 is 0 Å². The van der Waals surface area contributed by atoms with E-state index < -0.39 is 0 Å². The highest BCUT2D eigenvalue weighted by Crippen LogP contribution is 2.22. The van der Waals surface area contributed by atoms with E-state index in [9.17, 15) is 9.90 Å². The summed E-state index contributed by atoms with van der Waals surface area (Å²) in [5, 5.41) is 9.43. The van der Waals surface area contributed by atoms with E-state index in [0.717, 1.165) is 19.5 Å². The number of hydrogen-bond acceptors (Lipinski definition) is 4. The lowest BCUT2D eigenvalue weighted by atomic mass is 9.89. The van der Waals surface area contributed by atoms with Crippen molar-refractivity contribution in [2.24, 2.45) is 11.8 Å². The number of piperidine rings is 1. The Morgan fingerprint density at radius 1 is 1.40 bits per heavy atom. The fourth-order valence-electron chi connectivity index (χ4n) is 2.94. The summed E-state index contributed by atoms with van der Waals surface area (Å²) in [6.45, 7) is 2.87. The van der Waals surface area contributed by atoms with E-state index in [1.165, 1.54) is 0 Å². The number of rotatable bonds is 5. The molecule has 6 heteroatoms.